The fourth-order valence-corrected chi connectivity index (χ4v) is 3.15. The van der Waals surface area contributed by atoms with Gasteiger partial charge in [0.05, 0.1) is 36.4 Å². The van der Waals surface area contributed by atoms with Gasteiger partial charge in [-0.3, -0.25) is 0 Å². The molecule has 1 aliphatic heterocycles. The highest BCUT2D eigenvalue weighted by Crippen LogP contribution is 2.30. The first kappa shape index (κ1) is 12.6. The summed E-state index contributed by atoms with van der Waals surface area (Å²) in [5, 5.41) is 9.77. The summed E-state index contributed by atoms with van der Waals surface area (Å²) in [6.45, 7) is 0.544. The number of hydrogen-bond donors (Lipinski definition) is 1. The van der Waals surface area contributed by atoms with Gasteiger partial charge in [0.2, 0.25) is 0 Å². The molecule has 0 bridgehead atoms. The number of fused-ring (bicyclic) bond motifs is 3. The van der Waals surface area contributed by atoms with E-state index in [0.717, 1.165) is 34.2 Å². The molecule has 19 heavy (non-hydrogen) atoms. The third-order valence-corrected chi connectivity index (χ3v) is 3.99. The second-order valence-electron chi connectivity index (χ2n) is 4.65. The number of aliphatic hydroxyl groups excluding tert-OH is 1. The zero-order valence-corrected chi connectivity index (χ0v) is 12.0. The number of methoxy groups -OCH3 is 1. The van der Waals surface area contributed by atoms with Crippen molar-refractivity contribution in [3.8, 4) is 0 Å². The third-order valence-electron chi connectivity index (χ3n) is 3.39. The van der Waals surface area contributed by atoms with Gasteiger partial charge in [0.15, 0.2) is 0 Å². The van der Waals surface area contributed by atoms with E-state index in [1.54, 1.807) is 12.1 Å². The first-order chi connectivity index (χ1) is 9.10. The number of halogens is 1. The minimum Gasteiger partial charge on any atom is -0.465 e. The molecule has 1 aromatic carbocycles. The molecule has 0 fully saturated rings. The molecular formula is C13H13BrN2O3. The Morgan fingerprint density at radius 2 is 2.37 bits per heavy atom. The van der Waals surface area contributed by atoms with Crippen LogP contribution in [0.4, 0.5) is 0 Å². The summed E-state index contributed by atoms with van der Waals surface area (Å²) in [6.07, 6.45) is 1.14. The fourth-order valence-electron chi connectivity index (χ4n) is 2.49. The highest BCUT2D eigenvalue weighted by molar-refractivity contribution is 9.10. The van der Waals surface area contributed by atoms with Gasteiger partial charge >= 0.3 is 5.97 Å². The molecule has 1 atom stereocenters. The Labute approximate surface area is 118 Å². The molecule has 0 unspecified atom stereocenters. The van der Waals surface area contributed by atoms with E-state index in [4.69, 9.17) is 4.74 Å². The highest BCUT2D eigenvalue weighted by Gasteiger charge is 2.22. The summed E-state index contributed by atoms with van der Waals surface area (Å²) in [7, 11) is 1.36. The number of rotatable bonds is 1. The van der Waals surface area contributed by atoms with E-state index < -0.39 is 0 Å². The van der Waals surface area contributed by atoms with Gasteiger partial charge < -0.3 is 14.4 Å². The van der Waals surface area contributed by atoms with Crippen LogP contribution in [0.1, 0.15) is 22.6 Å². The molecule has 100 valence electrons. The summed E-state index contributed by atoms with van der Waals surface area (Å²) in [6, 6.07) is 3.45. The Bertz CT molecular complexity index is 665. The molecule has 2 aromatic rings. The molecule has 0 aliphatic carbocycles. The van der Waals surface area contributed by atoms with Gasteiger partial charge in [-0.15, -0.1) is 0 Å². The Kier molecular flexibility index (Phi) is 3.06. The summed E-state index contributed by atoms with van der Waals surface area (Å²) in [5.41, 5.74) is 2.14. The first-order valence-electron chi connectivity index (χ1n) is 6.05. The SMILES string of the molecule is COC(=O)c1cc(Br)c2c(c1)nc1n2C[C@@H](O)CC1. The largest absolute Gasteiger partial charge is 0.465 e. The standard InChI is InChI=1S/C13H13BrN2O3/c1-19-13(18)7-4-9(14)12-10(5-7)15-11-3-2-8(17)6-16(11)12/h4-5,8,17H,2-3,6H2,1H3/t8-/m0/s1. The molecule has 0 saturated carbocycles. The average molecular weight is 325 g/mol. The Morgan fingerprint density at radius 1 is 1.58 bits per heavy atom. The maximum atomic E-state index is 11.6. The van der Waals surface area contributed by atoms with E-state index in [9.17, 15) is 9.90 Å². The number of carbonyl (C=O) groups is 1. The highest BCUT2D eigenvalue weighted by atomic mass is 79.9. The lowest BCUT2D eigenvalue weighted by molar-refractivity contribution is 0.0601. The smallest absolute Gasteiger partial charge is 0.337 e. The summed E-state index contributed by atoms with van der Waals surface area (Å²) in [4.78, 5) is 16.1. The minimum absolute atomic E-state index is 0.336. The number of benzene rings is 1. The van der Waals surface area contributed by atoms with Crippen LogP contribution in [-0.2, 0) is 17.7 Å². The Balaban J connectivity index is 2.20. The molecule has 2 heterocycles. The van der Waals surface area contributed by atoms with Gasteiger partial charge in [0.25, 0.3) is 0 Å². The van der Waals surface area contributed by atoms with E-state index >= 15 is 0 Å². The molecule has 6 heteroatoms. The lowest BCUT2D eigenvalue weighted by Crippen LogP contribution is -2.24. The number of aliphatic hydroxyl groups is 1. The van der Waals surface area contributed by atoms with E-state index in [1.807, 2.05) is 4.57 Å². The van der Waals surface area contributed by atoms with Crippen molar-refractivity contribution in [2.45, 2.75) is 25.5 Å². The Hall–Kier alpha value is -1.40. The number of nitrogens with zero attached hydrogens (tertiary/aromatic N) is 2. The second kappa shape index (κ2) is 4.61. The molecule has 0 saturated heterocycles. The first-order valence-corrected chi connectivity index (χ1v) is 6.84. The molecule has 1 aromatic heterocycles. The van der Waals surface area contributed by atoms with Crippen LogP contribution in [0.25, 0.3) is 11.0 Å². The van der Waals surface area contributed by atoms with Crippen molar-refractivity contribution >= 4 is 32.9 Å². The summed E-state index contributed by atoms with van der Waals surface area (Å²) < 4.78 is 7.52. The molecular weight excluding hydrogens is 312 g/mol. The van der Waals surface area contributed by atoms with E-state index in [0.29, 0.717) is 12.1 Å². The normalized spacial score (nSPS) is 18.4. The van der Waals surface area contributed by atoms with Crippen molar-refractivity contribution in [3.63, 3.8) is 0 Å². The number of hydrogen-bond acceptors (Lipinski definition) is 4. The minimum atomic E-state index is -0.381. The van der Waals surface area contributed by atoms with Crippen LogP contribution < -0.4 is 0 Å². The van der Waals surface area contributed by atoms with Crippen molar-refractivity contribution < 1.29 is 14.6 Å². The third kappa shape index (κ3) is 2.04. The van der Waals surface area contributed by atoms with Gasteiger partial charge in [-0.05, 0) is 34.5 Å². The molecule has 5 nitrogen and oxygen atoms in total. The van der Waals surface area contributed by atoms with Gasteiger partial charge in [-0.2, -0.15) is 0 Å². The van der Waals surface area contributed by atoms with E-state index in [1.165, 1.54) is 7.11 Å². The predicted molar refractivity (Wildman–Crippen MR) is 73.1 cm³/mol. The van der Waals surface area contributed by atoms with Crippen molar-refractivity contribution in [1.29, 1.82) is 0 Å². The number of esters is 1. The molecule has 0 spiro atoms. The molecule has 1 aliphatic rings. The Morgan fingerprint density at radius 3 is 3.11 bits per heavy atom. The van der Waals surface area contributed by atoms with E-state index in [2.05, 4.69) is 20.9 Å². The van der Waals surface area contributed by atoms with Gasteiger partial charge in [-0.1, -0.05) is 0 Å². The quantitative estimate of drug-likeness (QED) is 0.814. The van der Waals surface area contributed by atoms with E-state index in [-0.39, 0.29) is 12.1 Å². The predicted octanol–water partition coefficient (Wildman–Crippen LogP) is 1.89. The number of carbonyl (C=O) groups excluding carboxylic acids is 1. The maximum Gasteiger partial charge on any atom is 0.337 e. The lowest BCUT2D eigenvalue weighted by Gasteiger charge is -2.20. The number of aryl methyl sites for hydroxylation is 1. The summed E-state index contributed by atoms with van der Waals surface area (Å²) >= 11 is 3.47. The van der Waals surface area contributed by atoms with Gasteiger partial charge in [-0.25, -0.2) is 9.78 Å². The van der Waals surface area contributed by atoms with Crippen molar-refractivity contribution in [1.82, 2.24) is 9.55 Å². The lowest BCUT2D eigenvalue weighted by atomic mass is 10.1. The second-order valence-corrected chi connectivity index (χ2v) is 5.50. The molecule has 0 amide bonds. The fraction of sp³-hybridized carbons (Fsp3) is 0.385. The van der Waals surface area contributed by atoms with Gasteiger partial charge in [0, 0.05) is 10.9 Å². The topological polar surface area (TPSA) is 64.3 Å². The van der Waals surface area contributed by atoms with Gasteiger partial charge in [0.1, 0.15) is 5.82 Å². The van der Waals surface area contributed by atoms with Crippen LogP contribution in [0.15, 0.2) is 16.6 Å². The number of aromatic nitrogens is 2. The van der Waals surface area contributed by atoms with Crippen molar-refractivity contribution in [2.24, 2.45) is 0 Å². The van der Waals surface area contributed by atoms with Crippen LogP contribution in [0.2, 0.25) is 0 Å². The van der Waals surface area contributed by atoms with Crippen LogP contribution in [0, 0.1) is 0 Å². The molecule has 3 rings (SSSR count). The van der Waals surface area contributed by atoms with Crippen LogP contribution in [-0.4, -0.2) is 33.8 Å². The monoisotopic (exact) mass is 324 g/mol. The molecule has 0 radical (unpaired) electrons. The summed E-state index contributed by atoms with van der Waals surface area (Å²) in [5.74, 6) is 0.566. The van der Waals surface area contributed by atoms with Crippen molar-refractivity contribution in [3.05, 3.63) is 28.0 Å². The average Bonchev–Trinajstić information content (AvgIpc) is 2.75. The number of ether oxygens (including phenoxy) is 1. The van der Waals surface area contributed by atoms with Crippen molar-refractivity contribution in [2.75, 3.05) is 7.11 Å². The zero-order valence-electron chi connectivity index (χ0n) is 10.4. The zero-order chi connectivity index (χ0) is 13.6. The maximum absolute atomic E-state index is 11.6. The van der Waals surface area contributed by atoms with Crippen LogP contribution >= 0.6 is 15.9 Å². The molecule has 1 N–H and O–H groups in total. The number of imidazole rings is 1. The van der Waals surface area contributed by atoms with Crippen LogP contribution in [0.5, 0.6) is 0 Å². The van der Waals surface area contributed by atoms with Crippen LogP contribution in [0.3, 0.4) is 0 Å².